The van der Waals surface area contributed by atoms with Gasteiger partial charge >= 0.3 is 0 Å². The van der Waals surface area contributed by atoms with Gasteiger partial charge < -0.3 is 15.5 Å². The maximum Gasteiger partial charge on any atom is 0.272 e. The number of nitrogens with one attached hydrogen (secondary N) is 2. The summed E-state index contributed by atoms with van der Waals surface area (Å²) in [5, 5.41) is 5.70. The number of unbranched alkanes of at least 4 members (excludes halogenated alkanes) is 1. The zero-order valence-electron chi connectivity index (χ0n) is 19.1. The number of para-hydroxylation sites is 1. The summed E-state index contributed by atoms with van der Waals surface area (Å²) in [6.45, 7) is 2.59. The molecule has 0 spiro atoms. The van der Waals surface area contributed by atoms with Crippen molar-refractivity contribution >= 4 is 29.1 Å². The van der Waals surface area contributed by atoms with Gasteiger partial charge in [-0.25, -0.2) is 4.99 Å². The molecule has 1 aliphatic heterocycles. The molecule has 1 saturated carbocycles. The van der Waals surface area contributed by atoms with Crippen LogP contribution in [0.1, 0.15) is 50.2 Å². The van der Waals surface area contributed by atoms with E-state index in [1.807, 2.05) is 61.5 Å². The molecule has 0 aromatic heterocycles. The molecule has 1 aliphatic carbocycles. The molecule has 7 nitrogen and oxygen atoms in total. The summed E-state index contributed by atoms with van der Waals surface area (Å²) in [6.07, 6.45) is 2.45. The maximum atomic E-state index is 13.4. The van der Waals surface area contributed by atoms with Crippen LogP contribution in [0.4, 0.5) is 5.69 Å². The van der Waals surface area contributed by atoms with Gasteiger partial charge in [-0.2, -0.15) is 0 Å². The van der Waals surface area contributed by atoms with E-state index in [-0.39, 0.29) is 11.8 Å². The molecule has 1 fully saturated rings. The third-order valence-electron chi connectivity index (χ3n) is 6.55. The summed E-state index contributed by atoms with van der Waals surface area (Å²) in [6, 6.07) is 17.2. The Hall–Kier alpha value is -3.48. The lowest BCUT2D eigenvalue weighted by atomic mass is 9.67. The predicted molar refractivity (Wildman–Crippen MR) is 128 cm³/mol. The highest BCUT2D eigenvalue weighted by atomic mass is 16.2. The predicted octanol–water partition coefficient (Wildman–Crippen LogP) is 3.03. The van der Waals surface area contributed by atoms with Crippen molar-refractivity contribution in [3.05, 3.63) is 65.7 Å². The standard InChI is InChI=1S/C26H30N4O3/c1-3-4-17-27-24(32)26(15-10-16-26)25(33)29-22-23(31)30(2)20-14-9-8-13-19(20)21(28-22)18-11-6-5-7-12-18/h5-9,11-14,22H,3-4,10,15-17H2,1-2H3,(H,27,32)(H,29,33)/t22-/m1/s1. The topological polar surface area (TPSA) is 90.9 Å². The van der Waals surface area contributed by atoms with Crippen LogP contribution in [0.25, 0.3) is 0 Å². The highest BCUT2D eigenvalue weighted by Crippen LogP contribution is 2.41. The van der Waals surface area contributed by atoms with Gasteiger partial charge in [0.25, 0.3) is 5.91 Å². The number of hydrogen-bond acceptors (Lipinski definition) is 4. The van der Waals surface area contributed by atoms with E-state index in [9.17, 15) is 14.4 Å². The first-order valence-corrected chi connectivity index (χ1v) is 11.6. The van der Waals surface area contributed by atoms with Crippen molar-refractivity contribution in [2.75, 3.05) is 18.5 Å². The molecule has 3 amide bonds. The van der Waals surface area contributed by atoms with Crippen LogP contribution in [0.3, 0.4) is 0 Å². The molecule has 7 heteroatoms. The average molecular weight is 447 g/mol. The largest absolute Gasteiger partial charge is 0.355 e. The van der Waals surface area contributed by atoms with E-state index < -0.39 is 17.5 Å². The van der Waals surface area contributed by atoms with E-state index in [0.29, 0.717) is 25.1 Å². The summed E-state index contributed by atoms with van der Waals surface area (Å²) >= 11 is 0. The second kappa shape index (κ2) is 9.57. The summed E-state index contributed by atoms with van der Waals surface area (Å²) in [4.78, 5) is 45.8. The molecule has 1 heterocycles. The summed E-state index contributed by atoms with van der Waals surface area (Å²) < 4.78 is 0. The van der Waals surface area contributed by atoms with E-state index in [2.05, 4.69) is 10.6 Å². The lowest BCUT2D eigenvalue weighted by Crippen LogP contribution is -2.58. The maximum absolute atomic E-state index is 13.4. The Kier molecular flexibility index (Phi) is 6.58. The van der Waals surface area contributed by atoms with Gasteiger partial charge in [0, 0.05) is 24.7 Å². The Morgan fingerprint density at radius 2 is 1.76 bits per heavy atom. The fourth-order valence-electron chi connectivity index (χ4n) is 4.34. The molecule has 0 bridgehead atoms. The fraction of sp³-hybridized carbons (Fsp3) is 0.385. The van der Waals surface area contributed by atoms with Crippen molar-refractivity contribution in [1.29, 1.82) is 0 Å². The van der Waals surface area contributed by atoms with Crippen molar-refractivity contribution in [3.8, 4) is 0 Å². The zero-order chi connectivity index (χ0) is 23.4. The minimum Gasteiger partial charge on any atom is -0.355 e. The highest BCUT2D eigenvalue weighted by molar-refractivity contribution is 6.20. The first kappa shape index (κ1) is 22.7. The van der Waals surface area contributed by atoms with Gasteiger partial charge in [-0.1, -0.05) is 68.3 Å². The van der Waals surface area contributed by atoms with Crippen LogP contribution in [-0.4, -0.2) is 43.2 Å². The zero-order valence-corrected chi connectivity index (χ0v) is 19.1. The number of hydrogen-bond donors (Lipinski definition) is 2. The average Bonchev–Trinajstić information content (AvgIpc) is 2.90. The number of benzene rings is 2. The van der Waals surface area contributed by atoms with Crippen molar-refractivity contribution in [1.82, 2.24) is 10.6 Å². The van der Waals surface area contributed by atoms with E-state index in [1.165, 1.54) is 4.90 Å². The van der Waals surface area contributed by atoms with E-state index >= 15 is 0 Å². The van der Waals surface area contributed by atoms with Crippen LogP contribution in [0, 0.1) is 5.41 Å². The minimum absolute atomic E-state index is 0.260. The monoisotopic (exact) mass is 446 g/mol. The van der Waals surface area contributed by atoms with Crippen LogP contribution < -0.4 is 15.5 Å². The molecule has 172 valence electrons. The van der Waals surface area contributed by atoms with Crippen molar-refractivity contribution in [2.24, 2.45) is 10.4 Å². The third kappa shape index (κ3) is 4.27. The van der Waals surface area contributed by atoms with Crippen LogP contribution >= 0.6 is 0 Å². The molecule has 2 aromatic rings. The molecule has 2 N–H and O–H groups in total. The Labute approximate surface area is 194 Å². The highest BCUT2D eigenvalue weighted by Gasteiger charge is 2.51. The van der Waals surface area contributed by atoms with E-state index in [4.69, 9.17) is 4.99 Å². The number of nitrogens with zero attached hydrogens (tertiary/aromatic N) is 2. The number of aliphatic imine (C=N–C) groups is 1. The van der Waals surface area contributed by atoms with E-state index in [0.717, 1.165) is 36.1 Å². The molecule has 0 radical (unpaired) electrons. The second-order valence-electron chi connectivity index (χ2n) is 8.68. The summed E-state index contributed by atoms with van der Waals surface area (Å²) in [5.74, 6) is -1.04. The third-order valence-corrected chi connectivity index (χ3v) is 6.55. The molecule has 2 aliphatic rings. The number of rotatable bonds is 7. The van der Waals surface area contributed by atoms with Gasteiger partial charge in [0.15, 0.2) is 0 Å². The lowest BCUT2D eigenvalue weighted by Gasteiger charge is -2.39. The normalized spacial score (nSPS) is 19.0. The lowest BCUT2D eigenvalue weighted by molar-refractivity contribution is -0.150. The quantitative estimate of drug-likeness (QED) is 0.506. The number of fused-ring (bicyclic) bond motifs is 1. The second-order valence-corrected chi connectivity index (χ2v) is 8.68. The Balaban J connectivity index is 1.66. The number of benzodiazepines with no additional fused rings is 1. The molecule has 2 aromatic carbocycles. The number of amides is 3. The van der Waals surface area contributed by atoms with Gasteiger partial charge in [0.2, 0.25) is 18.0 Å². The molecule has 0 unspecified atom stereocenters. The van der Waals surface area contributed by atoms with Crippen LogP contribution in [0.15, 0.2) is 59.6 Å². The molecule has 0 saturated heterocycles. The Morgan fingerprint density at radius 1 is 1.06 bits per heavy atom. The first-order valence-electron chi connectivity index (χ1n) is 11.6. The van der Waals surface area contributed by atoms with Crippen molar-refractivity contribution in [2.45, 2.75) is 45.2 Å². The molecule has 1 atom stereocenters. The SMILES string of the molecule is CCCCNC(=O)C1(C(=O)N[C@H]2N=C(c3ccccc3)c3ccccc3N(C)C2=O)CCC1. The fourth-order valence-corrected chi connectivity index (χ4v) is 4.34. The van der Waals surface area contributed by atoms with Gasteiger partial charge in [-0.15, -0.1) is 0 Å². The molecular weight excluding hydrogens is 416 g/mol. The number of likely N-dealkylation sites (N-methyl/N-ethyl adjacent to an activating group) is 1. The number of carbonyl (C=O) groups is 3. The molecule has 33 heavy (non-hydrogen) atoms. The summed E-state index contributed by atoms with van der Waals surface area (Å²) in [7, 11) is 1.68. The van der Waals surface area contributed by atoms with Crippen molar-refractivity contribution in [3.63, 3.8) is 0 Å². The van der Waals surface area contributed by atoms with E-state index in [1.54, 1.807) is 7.05 Å². The van der Waals surface area contributed by atoms with Crippen LogP contribution in [0.5, 0.6) is 0 Å². The molecular formula is C26H30N4O3. The first-order chi connectivity index (χ1) is 16.0. The number of anilines is 1. The van der Waals surface area contributed by atoms with Gasteiger partial charge in [0.1, 0.15) is 5.41 Å². The van der Waals surface area contributed by atoms with Gasteiger partial charge in [0.05, 0.1) is 11.4 Å². The molecule has 4 rings (SSSR count). The van der Waals surface area contributed by atoms with Crippen LogP contribution in [0.2, 0.25) is 0 Å². The van der Waals surface area contributed by atoms with Gasteiger partial charge in [-0.3, -0.25) is 14.4 Å². The Bertz CT molecular complexity index is 1080. The smallest absolute Gasteiger partial charge is 0.272 e. The van der Waals surface area contributed by atoms with Crippen molar-refractivity contribution < 1.29 is 14.4 Å². The Morgan fingerprint density at radius 3 is 2.42 bits per heavy atom. The minimum atomic E-state index is -1.13. The number of carbonyl (C=O) groups excluding carboxylic acids is 3. The summed E-state index contributed by atoms with van der Waals surface area (Å²) in [5.41, 5.74) is 1.88. The van der Waals surface area contributed by atoms with Gasteiger partial charge in [-0.05, 0) is 25.3 Å². The van der Waals surface area contributed by atoms with Crippen LogP contribution in [-0.2, 0) is 14.4 Å².